The van der Waals surface area contributed by atoms with Crippen molar-refractivity contribution in [2.24, 2.45) is 10.4 Å². The molecule has 1 aliphatic carbocycles. The first-order valence-corrected chi connectivity index (χ1v) is 10.1. The molecule has 0 atom stereocenters. The summed E-state index contributed by atoms with van der Waals surface area (Å²) in [4.78, 5) is 4.68. The Kier molecular flexibility index (Phi) is 11.6. The molecule has 6 nitrogen and oxygen atoms in total. The lowest BCUT2D eigenvalue weighted by Gasteiger charge is -2.30. The first kappa shape index (κ1) is 24.8. The number of ether oxygens (including phenoxy) is 2. The molecule has 1 fully saturated rings. The fraction of sp³-hybridized carbons (Fsp3) is 0.667. The Balaban J connectivity index is 0.00000392. The first-order valence-electron chi connectivity index (χ1n) is 10.1. The molecule has 160 valence electrons. The van der Waals surface area contributed by atoms with Crippen LogP contribution in [0, 0.1) is 5.41 Å². The van der Waals surface area contributed by atoms with E-state index in [-0.39, 0.29) is 29.7 Å². The van der Waals surface area contributed by atoms with E-state index in [1.807, 2.05) is 13.0 Å². The standard InChI is InChI=1S/C21H35N3O3.HI/c1-4-22-20(23-15-17-8-9-19(26-3)18(25)14-17)24-16-21(10-6-7-11-21)12-13-27-5-2;/h8-9,14,25H,4-7,10-13,15-16H2,1-3H3,(H2,22,23,24);1H. The number of phenolic OH excluding ortho intramolecular Hbond substituents is 1. The highest BCUT2D eigenvalue weighted by Crippen LogP contribution is 2.40. The van der Waals surface area contributed by atoms with E-state index in [2.05, 4.69) is 22.5 Å². The van der Waals surface area contributed by atoms with Crippen molar-refractivity contribution in [1.29, 1.82) is 0 Å². The van der Waals surface area contributed by atoms with Crippen LogP contribution >= 0.6 is 24.0 Å². The molecule has 0 amide bonds. The maximum absolute atomic E-state index is 9.93. The van der Waals surface area contributed by atoms with E-state index in [9.17, 15) is 5.11 Å². The summed E-state index contributed by atoms with van der Waals surface area (Å²) in [7, 11) is 1.55. The van der Waals surface area contributed by atoms with Gasteiger partial charge in [-0.05, 0) is 56.2 Å². The van der Waals surface area contributed by atoms with Crippen LogP contribution in [-0.4, -0.2) is 44.5 Å². The van der Waals surface area contributed by atoms with Crippen molar-refractivity contribution in [3.63, 3.8) is 0 Å². The van der Waals surface area contributed by atoms with Crippen LogP contribution in [0.4, 0.5) is 0 Å². The molecule has 28 heavy (non-hydrogen) atoms. The number of nitrogens with zero attached hydrogens (tertiary/aromatic N) is 1. The zero-order valence-corrected chi connectivity index (χ0v) is 19.8. The van der Waals surface area contributed by atoms with E-state index in [1.165, 1.54) is 25.7 Å². The third-order valence-electron chi connectivity index (χ3n) is 5.28. The summed E-state index contributed by atoms with van der Waals surface area (Å²) >= 11 is 0. The molecule has 0 radical (unpaired) electrons. The largest absolute Gasteiger partial charge is 0.504 e. The number of hydrogen-bond donors (Lipinski definition) is 3. The average molecular weight is 505 g/mol. The topological polar surface area (TPSA) is 75.1 Å². The summed E-state index contributed by atoms with van der Waals surface area (Å²) in [5.41, 5.74) is 1.25. The molecule has 0 spiro atoms. The van der Waals surface area contributed by atoms with Crippen LogP contribution in [-0.2, 0) is 11.3 Å². The highest BCUT2D eigenvalue weighted by atomic mass is 127. The van der Waals surface area contributed by atoms with E-state index in [0.29, 0.717) is 17.7 Å². The lowest BCUT2D eigenvalue weighted by Crippen LogP contribution is -2.43. The predicted octanol–water partition coefficient (Wildman–Crippen LogP) is 4.06. The monoisotopic (exact) mass is 505 g/mol. The average Bonchev–Trinajstić information content (AvgIpc) is 3.13. The molecule has 0 saturated heterocycles. The van der Waals surface area contributed by atoms with Crippen LogP contribution in [0.5, 0.6) is 11.5 Å². The maximum atomic E-state index is 9.93. The van der Waals surface area contributed by atoms with Gasteiger partial charge in [0.15, 0.2) is 17.5 Å². The highest BCUT2D eigenvalue weighted by molar-refractivity contribution is 14.0. The number of nitrogens with one attached hydrogen (secondary N) is 2. The molecule has 1 aromatic carbocycles. The van der Waals surface area contributed by atoms with Crippen molar-refractivity contribution < 1.29 is 14.6 Å². The van der Waals surface area contributed by atoms with Gasteiger partial charge in [0.2, 0.25) is 0 Å². The summed E-state index contributed by atoms with van der Waals surface area (Å²) < 4.78 is 10.7. The van der Waals surface area contributed by atoms with Crippen LogP contribution < -0.4 is 15.4 Å². The minimum absolute atomic E-state index is 0. The van der Waals surface area contributed by atoms with E-state index in [0.717, 1.165) is 44.2 Å². The summed E-state index contributed by atoms with van der Waals surface area (Å²) in [5, 5.41) is 16.8. The lowest BCUT2D eigenvalue weighted by atomic mass is 9.83. The molecule has 0 aromatic heterocycles. The van der Waals surface area contributed by atoms with Crippen LogP contribution in [0.3, 0.4) is 0 Å². The van der Waals surface area contributed by atoms with Crippen LogP contribution in [0.25, 0.3) is 0 Å². The van der Waals surface area contributed by atoms with Gasteiger partial charge in [-0.2, -0.15) is 0 Å². The van der Waals surface area contributed by atoms with Crippen LogP contribution in [0.15, 0.2) is 23.2 Å². The van der Waals surface area contributed by atoms with Gasteiger partial charge in [-0.25, -0.2) is 4.99 Å². The quantitative estimate of drug-likeness (QED) is 0.194. The summed E-state index contributed by atoms with van der Waals surface area (Å²) in [5.74, 6) is 1.43. The Labute approximate surface area is 186 Å². The SMILES string of the molecule is CCNC(=NCc1ccc(OC)c(O)c1)NCC1(CCOCC)CCCC1.I. The molecular weight excluding hydrogens is 469 g/mol. The lowest BCUT2D eigenvalue weighted by molar-refractivity contribution is 0.105. The van der Waals surface area contributed by atoms with Gasteiger partial charge in [0.25, 0.3) is 0 Å². The van der Waals surface area contributed by atoms with Crippen LogP contribution in [0.2, 0.25) is 0 Å². The van der Waals surface area contributed by atoms with Gasteiger partial charge in [0.05, 0.1) is 13.7 Å². The van der Waals surface area contributed by atoms with Crippen molar-refractivity contribution in [3.8, 4) is 11.5 Å². The number of halogens is 1. The third-order valence-corrected chi connectivity index (χ3v) is 5.28. The van der Waals surface area contributed by atoms with Crippen molar-refractivity contribution in [1.82, 2.24) is 10.6 Å². The molecule has 0 aliphatic heterocycles. The Morgan fingerprint density at radius 1 is 1.21 bits per heavy atom. The number of methoxy groups -OCH3 is 1. The number of benzene rings is 1. The molecule has 1 aromatic rings. The number of rotatable bonds is 10. The molecule has 0 heterocycles. The molecule has 0 bridgehead atoms. The van der Waals surface area contributed by atoms with Crippen molar-refractivity contribution >= 4 is 29.9 Å². The zero-order valence-electron chi connectivity index (χ0n) is 17.4. The van der Waals surface area contributed by atoms with Crippen molar-refractivity contribution in [2.45, 2.75) is 52.5 Å². The molecule has 1 aliphatic rings. The summed E-state index contributed by atoms with van der Waals surface area (Å²) in [6.07, 6.45) is 6.19. The Bertz CT molecular complexity index is 605. The van der Waals surface area contributed by atoms with Gasteiger partial charge in [-0.15, -0.1) is 24.0 Å². The molecule has 1 saturated carbocycles. The second kappa shape index (κ2) is 13.1. The van der Waals surface area contributed by atoms with E-state index >= 15 is 0 Å². The highest BCUT2D eigenvalue weighted by Gasteiger charge is 2.33. The second-order valence-corrected chi connectivity index (χ2v) is 7.21. The molecular formula is C21H36IN3O3. The van der Waals surface area contributed by atoms with Gasteiger partial charge in [-0.1, -0.05) is 18.9 Å². The van der Waals surface area contributed by atoms with Gasteiger partial charge in [0.1, 0.15) is 0 Å². The molecule has 0 unspecified atom stereocenters. The Morgan fingerprint density at radius 3 is 2.57 bits per heavy atom. The number of aromatic hydroxyl groups is 1. The normalized spacial score (nSPS) is 15.8. The minimum Gasteiger partial charge on any atom is -0.504 e. The number of hydrogen-bond acceptors (Lipinski definition) is 4. The Morgan fingerprint density at radius 2 is 1.96 bits per heavy atom. The fourth-order valence-electron chi connectivity index (χ4n) is 3.69. The van der Waals surface area contributed by atoms with Gasteiger partial charge in [-0.3, -0.25) is 0 Å². The Hall–Kier alpha value is -1.22. The predicted molar refractivity (Wildman–Crippen MR) is 125 cm³/mol. The third kappa shape index (κ3) is 7.66. The smallest absolute Gasteiger partial charge is 0.191 e. The number of phenols is 1. The van der Waals surface area contributed by atoms with E-state index < -0.39 is 0 Å². The van der Waals surface area contributed by atoms with Crippen LogP contribution in [0.1, 0.15) is 51.5 Å². The first-order chi connectivity index (χ1) is 13.1. The molecule has 7 heteroatoms. The van der Waals surface area contributed by atoms with Crippen molar-refractivity contribution in [2.75, 3.05) is 33.4 Å². The van der Waals surface area contributed by atoms with Gasteiger partial charge in [0, 0.05) is 26.3 Å². The van der Waals surface area contributed by atoms with Crippen molar-refractivity contribution in [3.05, 3.63) is 23.8 Å². The fourth-order valence-corrected chi connectivity index (χ4v) is 3.69. The number of guanidine groups is 1. The molecule has 2 rings (SSSR count). The molecule has 3 N–H and O–H groups in total. The number of aliphatic imine (C=N–C) groups is 1. The van der Waals surface area contributed by atoms with E-state index in [4.69, 9.17) is 9.47 Å². The van der Waals surface area contributed by atoms with Gasteiger partial charge >= 0.3 is 0 Å². The maximum Gasteiger partial charge on any atom is 0.191 e. The zero-order chi connectivity index (χ0) is 19.5. The second-order valence-electron chi connectivity index (χ2n) is 7.21. The minimum atomic E-state index is 0. The summed E-state index contributed by atoms with van der Waals surface area (Å²) in [6, 6.07) is 5.39. The summed E-state index contributed by atoms with van der Waals surface area (Å²) in [6.45, 7) is 7.95. The van der Waals surface area contributed by atoms with Gasteiger partial charge < -0.3 is 25.2 Å². The van der Waals surface area contributed by atoms with E-state index in [1.54, 1.807) is 19.2 Å².